The molecule has 20 heavy (non-hydrogen) atoms. The molecule has 1 aliphatic carbocycles. The number of hydrogen-bond donors (Lipinski definition) is 1. The van der Waals surface area contributed by atoms with Gasteiger partial charge in [0.05, 0.1) is 6.54 Å². The molecule has 0 atom stereocenters. The Hall–Kier alpha value is -0.370. The third-order valence-corrected chi connectivity index (χ3v) is 6.42. The lowest BCUT2D eigenvalue weighted by Gasteiger charge is -2.20. The highest BCUT2D eigenvalue weighted by molar-refractivity contribution is 9.10. The number of nitrogens with zero attached hydrogens (tertiary/aromatic N) is 1. The van der Waals surface area contributed by atoms with Crippen molar-refractivity contribution < 1.29 is 12.8 Å². The Kier molecular flexibility index (Phi) is 5.28. The summed E-state index contributed by atoms with van der Waals surface area (Å²) in [5.74, 6) is 1.09. The first-order valence-corrected chi connectivity index (χ1v) is 9.07. The van der Waals surface area contributed by atoms with Gasteiger partial charge in [-0.1, -0.05) is 12.8 Å². The summed E-state index contributed by atoms with van der Waals surface area (Å²) in [6.07, 6.45) is 4.66. The zero-order chi connectivity index (χ0) is 14.8. The molecule has 0 aromatic carbocycles. The van der Waals surface area contributed by atoms with E-state index < -0.39 is 10.0 Å². The average molecular weight is 365 g/mol. The van der Waals surface area contributed by atoms with Crippen LogP contribution in [0.25, 0.3) is 0 Å². The zero-order valence-corrected chi connectivity index (χ0v) is 14.3. The maximum absolute atomic E-state index is 12.6. The van der Waals surface area contributed by atoms with Crippen LogP contribution >= 0.6 is 15.9 Å². The third-order valence-electron chi connectivity index (χ3n) is 3.74. The molecule has 2 rings (SSSR count). The number of nitrogens with one attached hydrogen (secondary N) is 1. The average Bonchev–Trinajstić information content (AvgIpc) is 2.99. The Labute approximate surface area is 128 Å². The van der Waals surface area contributed by atoms with E-state index in [0.717, 1.165) is 12.8 Å². The Morgan fingerprint density at radius 1 is 1.45 bits per heavy atom. The molecule has 0 bridgehead atoms. The molecule has 1 heterocycles. The van der Waals surface area contributed by atoms with Crippen LogP contribution in [0.5, 0.6) is 0 Å². The molecule has 0 saturated heterocycles. The fourth-order valence-electron chi connectivity index (χ4n) is 2.66. The highest BCUT2D eigenvalue weighted by Gasteiger charge is 2.29. The number of hydrogen-bond acceptors (Lipinski definition) is 4. The number of sulfonamides is 1. The van der Waals surface area contributed by atoms with Gasteiger partial charge in [0.25, 0.3) is 0 Å². The molecule has 1 aromatic rings. The van der Waals surface area contributed by atoms with E-state index in [-0.39, 0.29) is 9.56 Å². The minimum Gasteiger partial charge on any atom is -0.452 e. The van der Waals surface area contributed by atoms with Gasteiger partial charge in [-0.25, -0.2) is 12.7 Å². The standard InChI is InChI=1S/C13H21BrN2O3S/c1-15-8-11-7-12(13(14)19-11)20(17,18)16(2)9-10-5-3-4-6-10/h7,10,15H,3-6,8-9H2,1-2H3. The van der Waals surface area contributed by atoms with Crippen molar-refractivity contribution in [3.8, 4) is 0 Å². The van der Waals surface area contributed by atoms with E-state index in [4.69, 9.17) is 4.42 Å². The lowest BCUT2D eigenvalue weighted by atomic mass is 10.1. The molecule has 1 saturated carbocycles. The van der Waals surface area contributed by atoms with Crippen LogP contribution in [-0.2, 0) is 16.6 Å². The topological polar surface area (TPSA) is 62.6 Å². The molecule has 1 aliphatic rings. The lowest BCUT2D eigenvalue weighted by Crippen LogP contribution is -2.31. The second kappa shape index (κ2) is 6.60. The Bertz CT molecular complexity index is 550. The van der Waals surface area contributed by atoms with Gasteiger partial charge in [-0.2, -0.15) is 0 Å². The fraction of sp³-hybridized carbons (Fsp3) is 0.692. The van der Waals surface area contributed by atoms with E-state index in [1.807, 2.05) is 0 Å². The zero-order valence-electron chi connectivity index (χ0n) is 11.9. The molecular weight excluding hydrogens is 344 g/mol. The van der Waals surface area contributed by atoms with Crippen molar-refractivity contribution in [1.29, 1.82) is 0 Å². The minimum atomic E-state index is -3.49. The van der Waals surface area contributed by atoms with Gasteiger partial charge in [-0.05, 0) is 41.7 Å². The maximum Gasteiger partial charge on any atom is 0.247 e. The van der Waals surface area contributed by atoms with Crippen molar-refractivity contribution in [2.24, 2.45) is 5.92 Å². The van der Waals surface area contributed by atoms with Gasteiger partial charge >= 0.3 is 0 Å². The first-order valence-electron chi connectivity index (χ1n) is 6.84. The van der Waals surface area contributed by atoms with E-state index in [0.29, 0.717) is 24.8 Å². The van der Waals surface area contributed by atoms with E-state index in [1.54, 1.807) is 20.2 Å². The molecule has 0 spiro atoms. The van der Waals surface area contributed by atoms with Crippen LogP contribution in [0.1, 0.15) is 31.4 Å². The highest BCUT2D eigenvalue weighted by Crippen LogP contribution is 2.31. The van der Waals surface area contributed by atoms with E-state index in [2.05, 4.69) is 21.2 Å². The number of halogens is 1. The summed E-state index contributed by atoms with van der Waals surface area (Å²) in [5, 5.41) is 2.94. The van der Waals surface area contributed by atoms with Crippen LogP contribution in [0.4, 0.5) is 0 Å². The maximum atomic E-state index is 12.6. The van der Waals surface area contributed by atoms with Crippen molar-refractivity contribution in [2.45, 2.75) is 37.1 Å². The summed E-state index contributed by atoms with van der Waals surface area (Å²) in [5.41, 5.74) is 0. The summed E-state index contributed by atoms with van der Waals surface area (Å²) in [6, 6.07) is 1.58. The van der Waals surface area contributed by atoms with Gasteiger partial charge in [0.2, 0.25) is 10.0 Å². The highest BCUT2D eigenvalue weighted by atomic mass is 79.9. The van der Waals surface area contributed by atoms with E-state index in [1.165, 1.54) is 17.1 Å². The Morgan fingerprint density at radius 3 is 2.70 bits per heavy atom. The molecule has 0 amide bonds. The number of furan rings is 1. The van der Waals surface area contributed by atoms with Crippen molar-refractivity contribution in [3.63, 3.8) is 0 Å². The van der Waals surface area contributed by atoms with Crippen molar-refractivity contribution in [2.75, 3.05) is 20.6 Å². The van der Waals surface area contributed by atoms with Gasteiger partial charge < -0.3 is 9.73 Å². The predicted octanol–water partition coefficient (Wildman–Crippen LogP) is 2.57. The van der Waals surface area contributed by atoms with Crippen LogP contribution in [0, 0.1) is 5.92 Å². The SMILES string of the molecule is CNCc1cc(S(=O)(=O)N(C)CC2CCCC2)c(Br)o1. The summed E-state index contributed by atoms with van der Waals surface area (Å²) in [6.45, 7) is 1.09. The minimum absolute atomic E-state index is 0.211. The summed E-state index contributed by atoms with van der Waals surface area (Å²) in [4.78, 5) is 0.211. The fourth-order valence-corrected chi connectivity index (χ4v) is 4.86. The third kappa shape index (κ3) is 3.44. The molecule has 114 valence electrons. The van der Waals surface area contributed by atoms with Crippen molar-refractivity contribution >= 4 is 26.0 Å². The molecule has 1 N–H and O–H groups in total. The van der Waals surface area contributed by atoms with Crippen LogP contribution in [-0.4, -0.2) is 33.4 Å². The van der Waals surface area contributed by atoms with Gasteiger partial charge in [-0.15, -0.1) is 0 Å². The van der Waals surface area contributed by atoms with Gasteiger partial charge in [-0.3, -0.25) is 0 Å². The molecule has 1 fully saturated rings. The summed E-state index contributed by atoms with van der Waals surface area (Å²) >= 11 is 3.20. The first kappa shape index (κ1) is 16.0. The second-order valence-electron chi connectivity index (χ2n) is 5.32. The normalized spacial score (nSPS) is 17.2. The molecular formula is C13H21BrN2O3S. The Morgan fingerprint density at radius 2 is 2.10 bits per heavy atom. The molecule has 7 heteroatoms. The van der Waals surface area contributed by atoms with Crippen LogP contribution in [0.2, 0.25) is 0 Å². The molecule has 1 aromatic heterocycles. The van der Waals surface area contributed by atoms with E-state index in [9.17, 15) is 8.42 Å². The van der Waals surface area contributed by atoms with Crippen LogP contribution in [0.15, 0.2) is 20.0 Å². The first-order chi connectivity index (χ1) is 9.45. The van der Waals surface area contributed by atoms with Crippen LogP contribution < -0.4 is 5.32 Å². The van der Waals surface area contributed by atoms with Gasteiger partial charge in [0, 0.05) is 19.7 Å². The molecule has 0 radical (unpaired) electrons. The second-order valence-corrected chi connectivity index (χ2v) is 8.05. The Balaban J connectivity index is 2.15. The van der Waals surface area contributed by atoms with Crippen LogP contribution in [0.3, 0.4) is 0 Å². The van der Waals surface area contributed by atoms with Crippen molar-refractivity contribution in [3.05, 3.63) is 16.5 Å². The van der Waals surface area contributed by atoms with Gasteiger partial charge in [0.1, 0.15) is 10.7 Å². The van der Waals surface area contributed by atoms with E-state index >= 15 is 0 Å². The monoisotopic (exact) mass is 364 g/mol. The van der Waals surface area contributed by atoms with Gasteiger partial charge in [0.15, 0.2) is 4.67 Å². The summed E-state index contributed by atoms with van der Waals surface area (Å²) < 4.78 is 32.3. The lowest BCUT2D eigenvalue weighted by molar-refractivity contribution is 0.386. The summed E-state index contributed by atoms with van der Waals surface area (Å²) in [7, 11) is -0.0575. The quantitative estimate of drug-likeness (QED) is 0.842. The van der Waals surface area contributed by atoms with Crippen molar-refractivity contribution in [1.82, 2.24) is 9.62 Å². The smallest absolute Gasteiger partial charge is 0.247 e. The molecule has 5 nitrogen and oxygen atoms in total. The number of rotatable bonds is 6. The predicted molar refractivity (Wildman–Crippen MR) is 80.9 cm³/mol. The largest absolute Gasteiger partial charge is 0.452 e. The molecule has 0 aliphatic heterocycles. The molecule has 0 unspecified atom stereocenters.